The second-order valence-electron chi connectivity index (χ2n) is 11.3. The number of carboxylic acid groups (broad SMARTS) is 1. The number of amides is 3. The third kappa shape index (κ3) is 5.95. The van der Waals surface area contributed by atoms with Crippen LogP contribution < -0.4 is 16.2 Å². The van der Waals surface area contributed by atoms with E-state index in [0.717, 1.165) is 16.7 Å². The summed E-state index contributed by atoms with van der Waals surface area (Å²) in [4.78, 5) is 65.8. The Morgan fingerprint density at radius 2 is 1.63 bits per heavy atom. The smallest absolute Gasteiger partial charge is 0.305 e. The van der Waals surface area contributed by atoms with Crippen LogP contribution in [0.1, 0.15) is 65.1 Å². The molecule has 0 spiro atoms. The van der Waals surface area contributed by atoms with Crippen LogP contribution in [0.2, 0.25) is 0 Å². The van der Waals surface area contributed by atoms with E-state index in [1.807, 2.05) is 59.5 Å². The highest BCUT2D eigenvalue weighted by Gasteiger charge is 2.48. The minimum atomic E-state index is -1.06. The quantitative estimate of drug-likeness (QED) is 0.372. The van der Waals surface area contributed by atoms with Crippen LogP contribution in [0.15, 0.2) is 77.7 Å². The molecule has 1 fully saturated rings. The first kappa shape index (κ1) is 29.8. The van der Waals surface area contributed by atoms with Crippen LogP contribution in [0, 0.1) is 0 Å². The molecule has 1 aromatic heterocycles. The first-order valence-electron chi connectivity index (χ1n) is 14.6. The molecule has 1 aliphatic carbocycles. The van der Waals surface area contributed by atoms with E-state index in [-0.39, 0.29) is 41.9 Å². The fourth-order valence-corrected chi connectivity index (χ4v) is 6.42. The highest BCUT2D eigenvalue weighted by atomic mass is 16.4. The number of piperidine rings is 1. The van der Waals surface area contributed by atoms with Gasteiger partial charge in [0.25, 0.3) is 11.5 Å². The number of aryl methyl sites for hydroxylation is 1. The van der Waals surface area contributed by atoms with Crippen molar-refractivity contribution in [3.63, 3.8) is 0 Å². The average molecular weight is 585 g/mol. The molecule has 10 heteroatoms. The lowest BCUT2D eigenvalue weighted by atomic mass is 9.62. The summed E-state index contributed by atoms with van der Waals surface area (Å²) in [6, 6.07) is 20.0. The minimum Gasteiger partial charge on any atom is -0.481 e. The summed E-state index contributed by atoms with van der Waals surface area (Å²) in [5.74, 6) is -2.12. The van der Waals surface area contributed by atoms with Gasteiger partial charge in [0, 0.05) is 38.9 Å². The molecule has 0 unspecified atom stereocenters. The van der Waals surface area contributed by atoms with Gasteiger partial charge in [0.2, 0.25) is 11.8 Å². The number of hydrogen-bond donors (Lipinski definition) is 3. The highest BCUT2D eigenvalue weighted by Crippen LogP contribution is 2.48. The Balaban J connectivity index is 1.33. The van der Waals surface area contributed by atoms with Crippen LogP contribution in [0.5, 0.6) is 0 Å². The predicted octanol–water partition coefficient (Wildman–Crippen LogP) is 2.56. The summed E-state index contributed by atoms with van der Waals surface area (Å²) in [5, 5.41) is 14.9. The van der Waals surface area contributed by atoms with Crippen LogP contribution in [0.25, 0.3) is 0 Å². The van der Waals surface area contributed by atoms with Gasteiger partial charge < -0.3 is 25.2 Å². The Labute approximate surface area is 249 Å². The van der Waals surface area contributed by atoms with Gasteiger partial charge >= 0.3 is 5.97 Å². The lowest BCUT2D eigenvalue weighted by molar-refractivity contribution is -0.137. The highest BCUT2D eigenvalue weighted by molar-refractivity contribution is 5.95. The van der Waals surface area contributed by atoms with Crippen molar-refractivity contribution in [3.05, 3.63) is 106 Å². The number of nitrogens with zero attached hydrogens (tertiary/aromatic N) is 2. The van der Waals surface area contributed by atoms with Crippen molar-refractivity contribution >= 4 is 23.7 Å². The first-order chi connectivity index (χ1) is 20.7. The minimum absolute atomic E-state index is 0.0115. The van der Waals surface area contributed by atoms with E-state index >= 15 is 0 Å². The second kappa shape index (κ2) is 12.6. The first-order valence-corrected chi connectivity index (χ1v) is 14.6. The number of carbonyl (C=O) groups is 4. The van der Waals surface area contributed by atoms with Crippen molar-refractivity contribution in [2.45, 2.75) is 49.5 Å². The molecule has 10 nitrogen and oxygen atoms in total. The number of pyridine rings is 1. The molecule has 0 radical (unpaired) electrons. The van der Waals surface area contributed by atoms with Crippen molar-refractivity contribution in [2.75, 3.05) is 19.6 Å². The number of fused-ring (bicyclic) bond motifs is 1. The summed E-state index contributed by atoms with van der Waals surface area (Å²) in [6.07, 6.45) is 3.39. The molecule has 2 atom stereocenters. The summed E-state index contributed by atoms with van der Waals surface area (Å²) >= 11 is 0. The van der Waals surface area contributed by atoms with Crippen LogP contribution >= 0.6 is 0 Å². The summed E-state index contributed by atoms with van der Waals surface area (Å²) in [7, 11) is 1.60. The van der Waals surface area contributed by atoms with Crippen molar-refractivity contribution in [2.24, 2.45) is 7.05 Å². The summed E-state index contributed by atoms with van der Waals surface area (Å²) < 4.78 is 1.37. The molecule has 2 aliphatic rings. The molecule has 3 aromatic rings. The van der Waals surface area contributed by atoms with E-state index in [9.17, 15) is 24.0 Å². The van der Waals surface area contributed by atoms with Gasteiger partial charge in [-0.05, 0) is 54.5 Å². The van der Waals surface area contributed by atoms with E-state index in [0.29, 0.717) is 38.8 Å². The number of hydrogen-bond acceptors (Lipinski definition) is 5. The van der Waals surface area contributed by atoms with Gasteiger partial charge in [-0.1, -0.05) is 54.6 Å². The second-order valence-corrected chi connectivity index (χ2v) is 11.3. The zero-order valence-corrected chi connectivity index (χ0v) is 24.1. The maximum Gasteiger partial charge on any atom is 0.305 e. The van der Waals surface area contributed by atoms with E-state index in [1.54, 1.807) is 19.3 Å². The molecular weight excluding hydrogens is 548 g/mol. The van der Waals surface area contributed by atoms with E-state index in [2.05, 4.69) is 10.6 Å². The summed E-state index contributed by atoms with van der Waals surface area (Å²) in [6.45, 7) is 0.946. The lowest BCUT2D eigenvalue weighted by Gasteiger charge is -2.42. The van der Waals surface area contributed by atoms with Crippen molar-refractivity contribution < 1.29 is 24.3 Å². The van der Waals surface area contributed by atoms with Gasteiger partial charge in [0.05, 0.1) is 17.8 Å². The predicted molar refractivity (Wildman–Crippen MR) is 160 cm³/mol. The molecule has 5 rings (SSSR count). The zero-order chi connectivity index (χ0) is 30.6. The maximum absolute atomic E-state index is 13.9. The molecule has 3 N–H and O–H groups in total. The molecule has 3 amide bonds. The van der Waals surface area contributed by atoms with Crippen LogP contribution in [-0.2, 0) is 26.8 Å². The number of aliphatic carboxylic acids is 1. The van der Waals surface area contributed by atoms with E-state index < -0.39 is 23.2 Å². The van der Waals surface area contributed by atoms with E-state index in [1.165, 1.54) is 10.6 Å². The molecule has 2 aromatic carbocycles. The lowest BCUT2D eigenvalue weighted by Crippen LogP contribution is -2.51. The number of nitrogens with one attached hydrogen (secondary N) is 2. The largest absolute Gasteiger partial charge is 0.481 e. The number of rotatable bonds is 8. The van der Waals surface area contributed by atoms with E-state index in [4.69, 9.17) is 5.11 Å². The van der Waals surface area contributed by atoms with Crippen LogP contribution in [0.4, 0.5) is 0 Å². The van der Waals surface area contributed by atoms with Gasteiger partial charge in [0.15, 0.2) is 0 Å². The summed E-state index contributed by atoms with van der Waals surface area (Å²) in [5.41, 5.74) is 1.03. The topological polar surface area (TPSA) is 138 Å². The molecular formula is C33H36N4O6. The van der Waals surface area contributed by atoms with Crippen molar-refractivity contribution in [1.82, 2.24) is 20.1 Å². The third-order valence-corrected chi connectivity index (χ3v) is 8.69. The van der Waals surface area contributed by atoms with Gasteiger partial charge in [-0.2, -0.15) is 0 Å². The maximum atomic E-state index is 13.9. The van der Waals surface area contributed by atoms with Gasteiger partial charge in [-0.15, -0.1) is 0 Å². The average Bonchev–Trinajstić information content (AvgIpc) is 3.02. The Hall–Kier alpha value is -4.73. The normalized spacial score (nSPS) is 20.1. The Morgan fingerprint density at radius 3 is 2.35 bits per heavy atom. The van der Waals surface area contributed by atoms with Crippen molar-refractivity contribution in [1.29, 1.82) is 0 Å². The number of carbonyl (C=O) groups excluding carboxylic acids is 3. The van der Waals surface area contributed by atoms with Crippen molar-refractivity contribution in [3.8, 4) is 0 Å². The number of likely N-dealkylation sites (tertiary alicyclic amines) is 1. The Kier molecular flexibility index (Phi) is 8.75. The van der Waals surface area contributed by atoms with Gasteiger partial charge in [0.1, 0.15) is 5.56 Å². The molecule has 224 valence electrons. The SMILES string of the molecule is Cn1cccc(C(=O)NC2CCN(C(=O)[C@H]3CC[C@@](C(=O)NCCC(=O)O)(c4ccccc4)c4ccccc43)CC2)c1=O. The third-order valence-electron chi connectivity index (χ3n) is 8.69. The molecule has 43 heavy (non-hydrogen) atoms. The van der Waals surface area contributed by atoms with Gasteiger partial charge in [-0.3, -0.25) is 24.0 Å². The fourth-order valence-electron chi connectivity index (χ4n) is 6.42. The number of benzene rings is 2. The Morgan fingerprint density at radius 1 is 0.930 bits per heavy atom. The molecule has 1 aliphatic heterocycles. The van der Waals surface area contributed by atoms with Crippen LogP contribution in [-0.4, -0.2) is 63.9 Å². The molecule has 0 saturated carbocycles. The fraction of sp³-hybridized carbons (Fsp3) is 0.364. The monoisotopic (exact) mass is 584 g/mol. The Bertz CT molecular complexity index is 1580. The number of aromatic nitrogens is 1. The zero-order valence-electron chi connectivity index (χ0n) is 24.1. The van der Waals surface area contributed by atoms with Gasteiger partial charge in [-0.25, -0.2) is 0 Å². The molecule has 1 saturated heterocycles. The molecule has 2 heterocycles. The molecule has 0 bridgehead atoms. The van der Waals surface area contributed by atoms with Crippen LogP contribution in [0.3, 0.4) is 0 Å². The number of carboxylic acids is 1. The standard InChI is InChI=1S/C33H36N4O6/c1-36-19-7-11-26(30(36)41)29(40)35-23-15-20-37(21-16-23)31(42)25-13-17-33(22-8-3-2-4-9-22,27-12-6-5-10-24(25)27)32(43)34-18-14-28(38)39/h2-12,19,23,25H,13-18,20-21H2,1H3,(H,34,43)(H,35,40)(H,38,39)/t25-,33+/m0/s1.